The Morgan fingerprint density at radius 1 is 1.30 bits per heavy atom. The molecule has 1 aromatic carbocycles. The summed E-state index contributed by atoms with van der Waals surface area (Å²) in [5.74, 6) is -1.64. The summed E-state index contributed by atoms with van der Waals surface area (Å²) in [6.45, 7) is 3.83. The number of hydrogen-bond acceptors (Lipinski definition) is 3. The van der Waals surface area contributed by atoms with Gasteiger partial charge in [-0.2, -0.15) is 0 Å². The molecule has 20 heavy (non-hydrogen) atoms. The number of rotatable bonds is 8. The van der Waals surface area contributed by atoms with Crippen LogP contribution in [0.4, 0.5) is 0 Å². The molecule has 1 aromatic rings. The second kappa shape index (κ2) is 7.65. The minimum atomic E-state index is -1.000. The maximum absolute atomic E-state index is 11.4. The van der Waals surface area contributed by atoms with E-state index in [0.29, 0.717) is 17.9 Å². The monoisotopic (exact) mass is 279 g/mol. The number of nitrogens with zero attached hydrogens (tertiary/aromatic N) is 1. The largest absolute Gasteiger partial charge is 0.481 e. The summed E-state index contributed by atoms with van der Waals surface area (Å²) in [6, 6.07) is 8.47. The molecule has 0 aliphatic carbocycles. The first-order chi connectivity index (χ1) is 9.45. The Bertz CT molecular complexity index is 433. The van der Waals surface area contributed by atoms with Crippen LogP contribution in [0.3, 0.4) is 0 Å². The van der Waals surface area contributed by atoms with E-state index in [2.05, 4.69) is 0 Å². The fourth-order valence-corrected chi connectivity index (χ4v) is 2.28. The van der Waals surface area contributed by atoms with Crippen LogP contribution in [0, 0.1) is 11.8 Å². The summed E-state index contributed by atoms with van der Waals surface area (Å²) in [6.07, 6.45) is 0.974. The number of carboxylic acid groups (broad SMARTS) is 1. The SMILES string of the molecule is CC(C)C[C@@H](C(=O)O)[C@H](Cc1ccccc1)N(O)C=O. The molecule has 0 aliphatic heterocycles. The Kier molecular flexibility index (Phi) is 6.18. The van der Waals surface area contributed by atoms with E-state index in [-0.39, 0.29) is 12.3 Å². The average Bonchev–Trinajstić information content (AvgIpc) is 2.42. The zero-order chi connectivity index (χ0) is 15.1. The van der Waals surface area contributed by atoms with Gasteiger partial charge in [-0.3, -0.25) is 14.8 Å². The summed E-state index contributed by atoms with van der Waals surface area (Å²) in [5.41, 5.74) is 0.883. The van der Waals surface area contributed by atoms with Gasteiger partial charge in [0.25, 0.3) is 0 Å². The Balaban J connectivity index is 2.97. The third kappa shape index (κ3) is 4.66. The molecule has 5 heteroatoms. The minimum Gasteiger partial charge on any atom is -0.481 e. The van der Waals surface area contributed by atoms with Gasteiger partial charge in [0, 0.05) is 0 Å². The van der Waals surface area contributed by atoms with Crippen LogP contribution >= 0.6 is 0 Å². The molecule has 0 fully saturated rings. The van der Waals surface area contributed by atoms with E-state index in [9.17, 15) is 19.9 Å². The summed E-state index contributed by atoms with van der Waals surface area (Å²) in [4.78, 5) is 22.3. The number of hydrogen-bond donors (Lipinski definition) is 2. The third-order valence-corrected chi connectivity index (χ3v) is 3.24. The van der Waals surface area contributed by atoms with Gasteiger partial charge >= 0.3 is 5.97 Å². The van der Waals surface area contributed by atoms with Gasteiger partial charge in [-0.05, 0) is 24.3 Å². The molecule has 110 valence electrons. The Morgan fingerprint density at radius 3 is 2.35 bits per heavy atom. The van der Waals surface area contributed by atoms with Gasteiger partial charge in [0.15, 0.2) is 0 Å². The predicted molar refractivity (Wildman–Crippen MR) is 74.2 cm³/mol. The van der Waals surface area contributed by atoms with E-state index >= 15 is 0 Å². The summed E-state index contributed by atoms with van der Waals surface area (Å²) in [7, 11) is 0. The molecule has 0 aliphatic rings. The quantitative estimate of drug-likeness (QED) is 0.434. The normalized spacial score (nSPS) is 13.8. The fraction of sp³-hybridized carbons (Fsp3) is 0.467. The van der Waals surface area contributed by atoms with E-state index in [4.69, 9.17) is 0 Å². The molecule has 0 spiro atoms. The van der Waals surface area contributed by atoms with Crippen LogP contribution in [-0.2, 0) is 16.0 Å². The number of carbonyl (C=O) groups is 2. The molecule has 0 heterocycles. The van der Waals surface area contributed by atoms with E-state index in [0.717, 1.165) is 5.56 Å². The van der Waals surface area contributed by atoms with Crippen molar-refractivity contribution in [1.82, 2.24) is 5.06 Å². The van der Waals surface area contributed by atoms with Crippen molar-refractivity contribution in [2.75, 3.05) is 0 Å². The van der Waals surface area contributed by atoms with E-state index in [1.54, 1.807) is 0 Å². The van der Waals surface area contributed by atoms with Gasteiger partial charge in [-0.25, -0.2) is 5.06 Å². The van der Waals surface area contributed by atoms with Crippen LogP contribution in [0.25, 0.3) is 0 Å². The van der Waals surface area contributed by atoms with Crippen LogP contribution in [0.5, 0.6) is 0 Å². The standard InChI is InChI=1S/C15H21NO4/c1-11(2)8-13(15(18)19)14(16(20)10-17)9-12-6-4-3-5-7-12/h3-7,10-11,13-14,20H,8-9H2,1-2H3,(H,18,19)/t13-,14+/m1/s1. The molecule has 0 bridgehead atoms. The molecule has 0 saturated carbocycles. The zero-order valence-electron chi connectivity index (χ0n) is 11.8. The minimum absolute atomic E-state index is 0.162. The molecule has 2 N–H and O–H groups in total. The lowest BCUT2D eigenvalue weighted by atomic mass is 9.87. The Hall–Kier alpha value is -1.88. The van der Waals surface area contributed by atoms with Crippen LogP contribution in [0.2, 0.25) is 0 Å². The van der Waals surface area contributed by atoms with Crippen molar-refractivity contribution in [3.05, 3.63) is 35.9 Å². The number of aliphatic carboxylic acids is 1. The van der Waals surface area contributed by atoms with Crippen molar-refractivity contribution < 1.29 is 19.9 Å². The molecule has 5 nitrogen and oxygen atoms in total. The van der Waals surface area contributed by atoms with Crippen molar-refractivity contribution >= 4 is 12.4 Å². The maximum atomic E-state index is 11.4. The molecule has 0 aromatic heterocycles. The number of benzene rings is 1. The Morgan fingerprint density at radius 2 is 1.90 bits per heavy atom. The molecule has 0 radical (unpaired) electrons. The van der Waals surface area contributed by atoms with Gasteiger partial charge < -0.3 is 5.11 Å². The van der Waals surface area contributed by atoms with Crippen molar-refractivity contribution in [3.63, 3.8) is 0 Å². The molecular weight excluding hydrogens is 258 g/mol. The van der Waals surface area contributed by atoms with Gasteiger partial charge in [-0.15, -0.1) is 0 Å². The average molecular weight is 279 g/mol. The summed E-state index contributed by atoms with van der Waals surface area (Å²) in [5, 5.41) is 19.6. The molecule has 1 amide bonds. The van der Waals surface area contributed by atoms with Crippen molar-refractivity contribution in [1.29, 1.82) is 0 Å². The highest BCUT2D eigenvalue weighted by Crippen LogP contribution is 2.22. The highest BCUT2D eigenvalue weighted by molar-refractivity contribution is 5.71. The molecule has 1 rings (SSSR count). The first-order valence-corrected chi connectivity index (χ1v) is 6.65. The number of amides is 1. The predicted octanol–water partition coefficient (Wildman–Crippen LogP) is 2.19. The smallest absolute Gasteiger partial charge is 0.308 e. The fourth-order valence-electron chi connectivity index (χ4n) is 2.28. The van der Waals surface area contributed by atoms with Gasteiger partial charge in [-0.1, -0.05) is 44.2 Å². The van der Waals surface area contributed by atoms with Crippen LogP contribution in [-0.4, -0.2) is 33.8 Å². The summed E-state index contributed by atoms with van der Waals surface area (Å²) >= 11 is 0. The number of carboxylic acids is 1. The van der Waals surface area contributed by atoms with Crippen LogP contribution < -0.4 is 0 Å². The first-order valence-electron chi connectivity index (χ1n) is 6.65. The second-order valence-corrected chi connectivity index (χ2v) is 5.32. The van der Waals surface area contributed by atoms with Crippen molar-refractivity contribution in [2.45, 2.75) is 32.7 Å². The lowest BCUT2D eigenvalue weighted by Crippen LogP contribution is -2.43. The topological polar surface area (TPSA) is 77.8 Å². The van der Waals surface area contributed by atoms with Crippen molar-refractivity contribution in [2.24, 2.45) is 11.8 Å². The van der Waals surface area contributed by atoms with Gasteiger partial charge in [0.2, 0.25) is 6.41 Å². The zero-order valence-corrected chi connectivity index (χ0v) is 11.8. The second-order valence-electron chi connectivity index (χ2n) is 5.32. The van der Waals surface area contributed by atoms with E-state index < -0.39 is 17.9 Å². The number of carbonyl (C=O) groups excluding carboxylic acids is 1. The summed E-state index contributed by atoms with van der Waals surface area (Å²) < 4.78 is 0. The maximum Gasteiger partial charge on any atom is 0.308 e. The lowest BCUT2D eigenvalue weighted by Gasteiger charge is -2.29. The van der Waals surface area contributed by atoms with Gasteiger partial charge in [0.05, 0.1) is 12.0 Å². The van der Waals surface area contributed by atoms with Gasteiger partial charge in [0.1, 0.15) is 0 Å². The highest BCUT2D eigenvalue weighted by atomic mass is 16.5. The molecule has 2 atom stereocenters. The molecule has 0 unspecified atom stereocenters. The molecular formula is C15H21NO4. The highest BCUT2D eigenvalue weighted by Gasteiger charge is 2.32. The molecule has 0 saturated heterocycles. The van der Waals surface area contributed by atoms with E-state index in [1.165, 1.54) is 0 Å². The third-order valence-electron chi connectivity index (χ3n) is 3.24. The lowest BCUT2D eigenvalue weighted by molar-refractivity contribution is -0.172. The number of hydroxylamine groups is 2. The van der Waals surface area contributed by atoms with E-state index in [1.807, 2.05) is 44.2 Å². The first kappa shape index (κ1) is 16.2. The van der Waals surface area contributed by atoms with Crippen LogP contribution in [0.15, 0.2) is 30.3 Å². The Labute approximate surface area is 118 Å². The van der Waals surface area contributed by atoms with Crippen LogP contribution in [0.1, 0.15) is 25.8 Å². The van der Waals surface area contributed by atoms with Crippen molar-refractivity contribution in [3.8, 4) is 0 Å².